The van der Waals surface area contributed by atoms with Crippen molar-refractivity contribution in [3.8, 4) is 0 Å². The maximum absolute atomic E-state index is 11.5. The highest BCUT2D eigenvalue weighted by atomic mass is 16.5. The second kappa shape index (κ2) is 8.02. The minimum Gasteiger partial charge on any atom is -0.383 e. The fraction of sp³-hybridized carbons (Fsp3) is 0.818. The van der Waals surface area contributed by atoms with Crippen molar-refractivity contribution in [2.75, 3.05) is 39.9 Å². The van der Waals surface area contributed by atoms with Gasteiger partial charge in [0.25, 0.3) is 0 Å². The summed E-state index contributed by atoms with van der Waals surface area (Å²) in [4.78, 5) is 24.0. The summed E-state index contributed by atoms with van der Waals surface area (Å²) in [5.74, 6) is -0.378. The summed E-state index contributed by atoms with van der Waals surface area (Å²) in [6.45, 7) is 3.16. The van der Waals surface area contributed by atoms with Gasteiger partial charge in [-0.05, 0) is 19.4 Å². The number of nitrogens with one attached hydrogen (secondary N) is 2. The van der Waals surface area contributed by atoms with Crippen molar-refractivity contribution in [1.29, 1.82) is 0 Å². The fourth-order valence-electron chi connectivity index (χ4n) is 2.06. The molecule has 0 radical (unpaired) electrons. The van der Waals surface area contributed by atoms with Crippen LogP contribution in [0, 0.1) is 0 Å². The van der Waals surface area contributed by atoms with Crippen LogP contribution >= 0.6 is 0 Å². The lowest BCUT2D eigenvalue weighted by Crippen LogP contribution is -2.46. The Morgan fingerprint density at radius 1 is 1.56 bits per heavy atom. The molecule has 7 heteroatoms. The molecule has 104 valence electrons. The Labute approximate surface area is 107 Å². The molecule has 1 fully saturated rings. The molecule has 0 aliphatic carbocycles. The van der Waals surface area contributed by atoms with Gasteiger partial charge in [0, 0.05) is 26.2 Å². The normalized spacial score (nSPS) is 19.1. The number of imide groups is 1. The quantitative estimate of drug-likeness (QED) is 0.537. The maximum Gasteiger partial charge on any atom is 0.318 e. The monoisotopic (exact) mass is 258 g/mol. The van der Waals surface area contributed by atoms with Crippen molar-refractivity contribution in [2.45, 2.75) is 18.9 Å². The van der Waals surface area contributed by atoms with E-state index < -0.39 is 6.03 Å². The number of rotatable bonds is 7. The summed E-state index contributed by atoms with van der Waals surface area (Å²) < 4.78 is 5.01. The van der Waals surface area contributed by atoms with Gasteiger partial charge in [0.05, 0.1) is 13.2 Å². The Morgan fingerprint density at radius 2 is 2.33 bits per heavy atom. The molecular weight excluding hydrogens is 236 g/mol. The maximum atomic E-state index is 11.5. The standard InChI is InChI=1S/C11H22N4O3/c1-18-6-5-15(7-9-3-2-4-13-9)8-10(16)14-11(12)17/h9,13H,2-8H2,1H3,(H3,12,14,16,17). The van der Waals surface area contributed by atoms with Gasteiger partial charge in [-0.3, -0.25) is 15.0 Å². The third-order valence-corrected chi connectivity index (χ3v) is 2.88. The summed E-state index contributed by atoms with van der Waals surface area (Å²) in [5, 5.41) is 5.44. The lowest BCUT2D eigenvalue weighted by molar-refractivity contribution is -0.121. The fourth-order valence-corrected chi connectivity index (χ4v) is 2.06. The number of carbonyl (C=O) groups is 2. The van der Waals surface area contributed by atoms with Crippen molar-refractivity contribution >= 4 is 11.9 Å². The van der Waals surface area contributed by atoms with Gasteiger partial charge >= 0.3 is 6.03 Å². The third kappa shape index (κ3) is 5.95. The predicted octanol–water partition coefficient (Wildman–Crippen LogP) is -1.12. The van der Waals surface area contributed by atoms with Gasteiger partial charge < -0.3 is 15.8 Å². The smallest absolute Gasteiger partial charge is 0.318 e. The highest BCUT2D eigenvalue weighted by molar-refractivity contribution is 5.94. The number of nitrogens with zero attached hydrogens (tertiary/aromatic N) is 1. The molecule has 4 N–H and O–H groups in total. The zero-order valence-corrected chi connectivity index (χ0v) is 10.8. The first kappa shape index (κ1) is 14.9. The molecule has 18 heavy (non-hydrogen) atoms. The second-order valence-electron chi connectivity index (χ2n) is 4.43. The largest absolute Gasteiger partial charge is 0.383 e. The minimum atomic E-state index is -0.814. The molecule has 0 bridgehead atoms. The summed E-state index contributed by atoms with van der Waals surface area (Å²) in [6, 6.07) is -0.408. The first-order valence-corrected chi connectivity index (χ1v) is 6.15. The highest BCUT2D eigenvalue weighted by Gasteiger charge is 2.19. The lowest BCUT2D eigenvalue weighted by Gasteiger charge is -2.24. The molecule has 7 nitrogen and oxygen atoms in total. The van der Waals surface area contributed by atoms with E-state index in [4.69, 9.17) is 10.5 Å². The molecule has 1 saturated heterocycles. The van der Waals surface area contributed by atoms with Crippen molar-refractivity contribution in [2.24, 2.45) is 5.73 Å². The zero-order valence-electron chi connectivity index (χ0n) is 10.8. The van der Waals surface area contributed by atoms with E-state index in [1.807, 2.05) is 4.90 Å². The van der Waals surface area contributed by atoms with Crippen LogP contribution in [0.25, 0.3) is 0 Å². The zero-order chi connectivity index (χ0) is 13.4. The van der Waals surface area contributed by atoms with Crippen LogP contribution in [0.1, 0.15) is 12.8 Å². The van der Waals surface area contributed by atoms with Crippen molar-refractivity contribution < 1.29 is 14.3 Å². The Kier molecular flexibility index (Phi) is 6.63. The number of nitrogens with two attached hydrogens (primary N) is 1. The number of urea groups is 1. The summed E-state index contributed by atoms with van der Waals surface area (Å²) in [7, 11) is 1.62. The number of primary amides is 1. The van der Waals surface area contributed by atoms with Gasteiger partial charge in [-0.1, -0.05) is 0 Å². The number of hydrogen-bond acceptors (Lipinski definition) is 5. The first-order valence-electron chi connectivity index (χ1n) is 6.15. The van der Waals surface area contributed by atoms with Gasteiger partial charge in [-0.15, -0.1) is 0 Å². The van der Waals surface area contributed by atoms with Crippen LogP contribution in [-0.4, -0.2) is 62.8 Å². The van der Waals surface area contributed by atoms with E-state index in [0.717, 1.165) is 25.9 Å². The van der Waals surface area contributed by atoms with Gasteiger partial charge in [-0.2, -0.15) is 0 Å². The molecule has 1 heterocycles. The Bertz CT molecular complexity index is 279. The summed E-state index contributed by atoms with van der Waals surface area (Å²) in [6.07, 6.45) is 2.27. The minimum absolute atomic E-state index is 0.157. The van der Waals surface area contributed by atoms with E-state index in [1.165, 1.54) is 0 Å². The molecule has 1 aliphatic heterocycles. The molecule has 0 aromatic carbocycles. The van der Waals surface area contributed by atoms with E-state index in [0.29, 0.717) is 19.2 Å². The molecule has 0 aromatic rings. The van der Waals surface area contributed by atoms with Gasteiger partial charge in [0.1, 0.15) is 0 Å². The average molecular weight is 258 g/mol. The van der Waals surface area contributed by atoms with Gasteiger partial charge in [0.2, 0.25) is 5.91 Å². The van der Waals surface area contributed by atoms with Crippen LogP contribution in [0.3, 0.4) is 0 Å². The second-order valence-corrected chi connectivity index (χ2v) is 4.43. The van der Waals surface area contributed by atoms with Crippen molar-refractivity contribution in [3.05, 3.63) is 0 Å². The van der Waals surface area contributed by atoms with Crippen LogP contribution in [0.4, 0.5) is 4.79 Å². The average Bonchev–Trinajstić information content (AvgIpc) is 2.77. The Hall–Kier alpha value is -1.18. The molecule has 1 aliphatic rings. The lowest BCUT2D eigenvalue weighted by atomic mass is 10.2. The third-order valence-electron chi connectivity index (χ3n) is 2.88. The summed E-state index contributed by atoms with van der Waals surface area (Å²) in [5.41, 5.74) is 4.91. The van der Waals surface area contributed by atoms with Gasteiger partial charge in [0.15, 0.2) is 0 Å². The molecule has 0 aromatic heterocycles. The number of carbonyl (C=O) groups excluding carboxylic acids is 2. The Morgan fingerprint density at radius 3 is 2.89 bits per heavy atom. The molecule has 3 amide bonds. The Balaban J connectivity index is 2.38. The number of methoxy groups -OCH3 is 1. The predicted molar refractivity (Wildman–Crippen MR) is 67.1 cm³/mol. The van der Waals surface area contributed by atoms with E-state index >= 15 is 0 Å². The van der Waals surface area contributed by atoms with Crippen LogP contribution in [0.5, 0.6) is 0 Å². The van der Waals surface area contributed by atoms with Crippen LogP contribution < -0.4 is 16.4 Å². The van der Waals surface area contributed by atoms with E-state index in [9.17, 15) is 9.59 Å². The molecule has 1 atom stereocenters. The SMILES string of the molecule is COCCN(CC(=O)NC(N)=O)CC1CCCN1. The van der Waals surface area contributed by atoms with Crippen molar-refractivity contribution in [1.82, 2.24) is 15.5 Å². The molecule has 0 saturated carbocycles. The highest BCUT2D eigenvalue weighted by Crippen LogP contribution is 2.06. The molecular formula is C11H22N4O3. The summed E-state index contributed by atoms with van der Waals surface area (Å²) >= 11 is 0. The molecule has 0 spiro atoms. The van der Waals surface area contributed by atoms with Crippen molar-refractivity contribution in [3.63, 3.8) is 0 Å². The van der Waals surface area contributed by atoms with Crippen LogP contribution in [-0.2, 0) is 9.53 Å². The topological polar surface area (TPSA) is 96.7 Å². The number of hydrogen-bond donors (Lipinski definition) is 3. The number of ether oxygens (including phenoxy) is 1. The van der Waals surface area contributed by atoms with E-state index in [-0.39, 0.29) is 12.5 Å². The molecule has 1 unspecified atom stereocenters. The van der Waals surface area contributed by atoms with Crippen LogP contribution in [0.2, 0.25) is 0 Å². The first-order chi connectivity index (χ1) is 8.61. The van der Waals surface area contributed by atoms with E-state index in [2.05, 4.69) is 10.6 Å². The molecule has 1 rings (SSSR count). The number of amides is 3. The van der Waals surface area contributed by atoms with Gasteiger partial charge in [-0.25, -0.2) is 4.79 Å². The van der Waals surface area contributed by atoms with E-state index in [1.54, 1.807) is 7.11 Å². The van der Waals surface area contributed by atoms with Crippen LogP contribution in [0.15, 0.2) is 0 Å².